The minimum atomic E-state index is -0.496. The summed E-state index contributed by atoms with van der Waals surface area (Å²) < 4.78 is 27.2. The number of benzene rings is 1. The molecule has 1 aromatic carbocycles. The number of hydrogen-bond donors (Lipinski definition) is 2. The summed E-state index contributed by atoms with van der Waals surface area (Å²) in [6, 6.07) is 3.96. The van der Waals surface area contributed by atoms with E-state index in [1.807, 2.05) is 6.92 Å². The molecule has 2 rings (SSSR count). The van der Waals surface area contributed by atoms with Crippen LogP contribution >= 0.6 is 24.0 Å². The quantitative estimate of drug-likeness (QED) is 0.369. The maximum absolute atomic E-state index is 13.6. The highest BCUT2D eigenvalue weighted by atomic mass is 127. The lowest BCUT2D eigenvalue weighted by Gasteiger charge is -2.25. The summed E-state index contributed by atoms with van der Waals surface area (Å²) in [6.45, 7) is 7.19. The van der Waals surface area contributed by atoms with E-state index in [9.17, 15) is 8.78 Å². The van der Waals surface area contributed by atoms with Crippen LogP contribution in [0.4, 0.5) is 8.78 Å². The van der Waals surface area contributed by atoms with Gasteiger partial charge in [-0.2, -0.15) is 0 Å². The molecule has 2 N–H and O–H groups in total. The van der Waals surface area contributed by atoms with Crippen molar-refractivity contribution in [1.82, 2.24) is 15.5 Å². The van der Waals surface area contributed by atoms with Crippen LogP contribution in [0.25, 0.3) is 0 Å². The van der Waals surface area contributed by atoms with Crippen molar-refractivity contribution < 1.29 is 8.78 Å². The summed E-state index contributed by atoms with van der Waals surface area (Å²) in [5, 5.41) is 6.32. The molecule has 7 heteroatoms. The molecule has 4 nitrogen and oxygen atoms in total. The zero-order valence-electron chi connectivity index (χ0n) is 14.9. The molecule has 0 amide bonds. The molecule has 0 radical (unpaired) electrons. The first-order valence-corrected chi connectivity index (χ1v) is 8.88. The fourth-order valence-corrected chi connectivity index (χ4v) is 2.91. The fourth-order valence-electron chi connectivity index (χ4n) is 2.91. The van der Waals surface area contributed by atoms with E-state index in [0.717, 1.165) is 32.7 Å². The Labute approximate surface area is 166 Å². The van der Waals surface area contributed by atoms with Crippen molar-refractivity contribution >= 4 is 29.9 Å². The Morgan fingerprint density at radius 2 is 1.80 bits per heavy atom. The van der Waals surface area contributed by atoms with Crippen LogP contribution in [0.5, 0.6) is 0 Å². The molecule has 0 aromatic heterocycles. The third kappa shape index (κ3) is 7.85. The van der Waals surface area contributed by atoms with Gasteiger partial charge in [0.1, 0.15) is 11.6 Å². The second kappa shape index (κ2) is 12.4. The van der Waals surface area contributed by atoms with Crippen molar-refractivity contribution in [2.24, 2.45) is 4.99 Å². The molecule has 0 bridgehead atoms. The monoisotopic (exact) mass is 466 g/mol. The van der Waals surface area contributed by atoms with E-state index in [1.54, 1.807) is 0 Å². The summed E-state index contributed by atoms with van der Waals surface area (Å²) >= 11 is 0. The summed E-state index contributed by atoms with van der Waals surface area (Å²) in [5.41, 5.74) is 0.120. The number of rotatable bonds is 7. The van der Waals surface area contributed by atoms with Crippen LogP contribution in [-0.2, 0) is 6.42 Å². The molecule has 0 spiro atoms. The van der Waals surface area contributed by atoms with Crippen LogP contribution in [0.15, 0.2) is 23.2 Å². The predicted octanol–water partition coefficient (Wildman–Crippen LogP) is 3.17. The van der Waals surface area contributed by atoms with Crippen molar-refractivity contribution in [3.8, 4) is 0 Å². The van der Waals surface area contributed by atoms with Crippen molar-refractivity contribution in [1.29, 1.82) is 0 Å². The maximum Gasteiger partial charge on any atom is 0.191 e. The minimum Gasteiger partial charge on any atom is -0.357 e. The number of aliphatic imine (C=N–C) groups is 1. The first-order chi connectivity index (χ1) is 11.7. The molecular formula is C18H29F2IN4. The largest absolute Gasteiger partial charge is 0.357 e. The number of hydrogen-bond acceptors (Lipinski definition) is 2. The summed E-state index contributed by atoms with van der Waals surface area (Å²) in [6.07, 6.45) is 4.16. The second-order valence-corrected chi connectivity index (χ2v) is 6.04. The molecule has 1 aliphatic heterocycles. The lowest BCUT2D eigenvalue weighted by molar-refractivity contribution is 0.235. The smallest absolute Gasteiger partial charge is 0.191 e. The number of guanidine groups is 1. The van der Waals surface area contributed by atoms with Gasteiger partial charge < -0.3 is 15.5 Å². The molecule has 1 aliphatic rings. The highest BCUT2D eigenvalue weighted by Gasteiger charge is 2.10. The molecule has 1 fully saturated rings. The Morgan fingerprint density at radius 3 is 2.44 bits per heavy atom. The van der Waals surface area contributed by atoms with E-state index in [4.69, 9.17) is 0 Å². The standard InChI is InChI=1S/C18H28F2N4.HI/c1-2-21-18(23-11-14-24-12-4-3-5-13-24)22-10-9-15-16(19)7-6-8-17(15)20;/h6-8H,2-5,9-14H2,1H3,(H2,21,22,23);1H. The molecule has 0 aliphatic carbocycles. The number of halogens is 3. The SMILES string of the molecule is CCNC(=NCCN1CCCCC1)NCCc1c(F)cccc1F.I. The van der Waals surface area contributed by atoms with Crippen molar-refractivity contribution in [3.63, 3.8) is 0 Å². The Balaban J connectivity index is 0.00000312. The average molecular weight is 466 g/mol. The van der Waals surface area contributed by atoms with Gasteiger partial charge in [-0.05, 0) is 51.4 Å². The molecule has 0 unspecified atom stereocenters. The molecule has 1 saturated heterocycles. The zero-order chi connectivity index (χ0) is 17.2. The molecule has 1 heterocycles. The van der Waals surface area contributed by atoms with Gasteiger partial charge in [0.2, 0.25) is 0 Å². The van der Waals surface area contributed by atoms with E-state index < -0.39 is 11.6 Å². The molecule has 25 heavy (non-hydrogen) atoms. The van der Waals surface area contributed by atoms with Gasteiger partial charge in [-0.1, -0.05) is 12.5 Å². The summed E-state index contributed by atoms with van der Waals surface area (Å²) in [4.78, 5) is 6.98. The van der Waals surface area contributed by atoms with E-state index >= 15 is 0 Å². The van der Waals surface area contributed by atoms with Crippen LogP contribution in [0, 0.1) is 11.6 Å². The van der Waals surface area contributed by atoms with Gasteiger partial charge in [0.05, 0.1) is 6.54 Å². The topological polar surface area (TPSA) is 39.7 Å². The normalized spacial score (nSPS) is 15.6. The number of nitrogens with one attached hydrogen (secondary N) is 2. The number of likely N-dealkylation sites (tertiary alicyclic amines) is 1. The van der Waals surface area contributed by atoms with Crippen LogP contribution < -0.4 is 10.6 Å². The Morgan fingerprint density at radius 1 is 1.12 bits per heavy atom. The molecule has 1 aromatic rings. The number of piperidine rings is 1. The average Bonchev–Trinajstić information content (AvgIpc) is 2.58. The first kappa shape index (κ1) is 22.1. The highest BCUT2D eigenvalue weighted by Crippen LogP contribution is 2.12. The van der Waals surface area contributed by atoms with Gasteiger partial charge in [0, 0.05) is 25.2 Å². The van der Waals surface area contributed by atoms with Gasteiger partial charge in [-0.3, -0.25) is 4.99 Å². The predicted molar refractivity (Wildman–Crippen MR) is 110 cm³/mol. The van der Waals surface area contributed by atoms with E-state index in [2.05, 4.69) is 20.5 Å². The lowest BCUT2D eigenvalue weighted by atomic mass is 10.1. The van der Waals surface area contributed by atoms with Crippen molar-refractivity contribution in [2.75, 3.05) is 39.3 Å². The van der Waals surface area contributed by atoms with Gasteiger partial charge in [0.25, 0.3) is 0 Å². The van der Waals surface area contributed by atoms with Crippen LogP contribution in [0.2, 0.25) is 0 Å². The van der Waals surface area contributed by atoms with E-state index in [0.29, 0.717) is 12.5 Å². The second-order valence-electron chi connectivity index (χ2n) is 6.04. The van der Waals surface area contributed by atoms with Crippen LogP contribution in [-0.4, -0.2) is 50.1 Å². The fraction of sp³-hybridized carbons (Fsp3) is 0.611. The van der Waals surface area contributed by atoms with Crippen LogP contribution in [0.3, 0.4) is 0 Å². The highest BCUT2D eigenvalue weighted by molar-refractivity contribution is 14.0. The van der Waals surface area contributed by atoms with Crippen molar-refractivity contribution in [2.45, 2.75) is 32.6 Å². The first-order valence-electron chi connectivity index (χ1n) is 8.88. The Kier molecular flexibility index (Phi) is 11.0. The van der Waals surface area contributed by atoms with E-state index in [1.165, 1.54) is 37.5 Å². The van der Waals surface area contributed by atoms with Crippen molar-refractivity contribution in [3.05, 3.63) is 35.4 Å². The maximum atomic E-state index is 13.6. The lowest BCUT2D eigenvalue weighted by Crippen LogP contribution is -2.39. The van der Waals surface area contributed by atoms with Gasteiger partial charge in [-0.15, -0.1) is 24.0 Å². The molecular weight excluding hydrogens is 437 g/mol. The Bertz CT molecular complexity index is 514. The molecule has 0 saturated carbocycles. The van der Waals surface area contributed by atoms with Gasteiger partial charge >= 0.3 is 0 Å². The molecule has 0 atom stereocenters. The summed E-state index contributed by atoms with van der Waals surface area (Å²) in [7, 11) is 0. The minimum absolute atomic E-state index is 0. The zero-order valence-corrected chi connectivity index (χ0v) is 17.2. The Hall–Kier alpha value is -0.960. The summed E-state index contributed by atoms with van der Waals surface area (Å²) in [5.74, 6) is -0.293. The van der Waals surface area contributed by atoms with Gasteiger partial charge in [-0.25, -0.2) is 8.78 Å². The van der Waals surface area contributed by atoms with Gasteiger partial charge in [0.15, 0.2) is 5.96 Å². The third-order valence-corrected chi connectivity index (χ3v) is 4.21. The van der Waals surface area contributed by atoms with Crippen LogP contribution in [0.1, 0.15) is 31.7 Å². The molecule has 142 valence electrons. The third-order valence-electron chi connectivity index (χ3n) is 4.21. The number of nitrogens with zero attached hydrogens (tertiary/aromatic N) is 2. The van der Waals surface area contributed by atoms with E-state index in [-0.39, 0.29) is 36.0 Å².